The summed E-state index contributed by atoms with van der Waals surface area (Å²) < 4.78 is 10.8. The van der Waals surface area contributed by atoms with E-state index in [9.17, 15) is 4.79 Å². The highest BCUT2D eigenvalue weighted by Crippen LogP contribution is 2.28. The highest BCUT2D eigenvalue weighted by molar-refractivity contribution is 7.10. The van der Waals surface area contributed by atoms with E-state index in [1.165, 1.54) is 0 Å². The molecule has 0 radical (unpaired) electrons. The fraction of sp³-hybridized carbons (Fsp3) is 0.421. The van der Waals surface area contributed by atoms with Crippen LogP contribution in [0.5, 0.6) is 5.75 Å². The Bertz CT molecular complexity index is 706. The van der Waals surface area contributed by atoms with Crippen molar-refractivity contribution >= 4 is 17.2 Å². The Kier molecular flexibility index (Phi) is 5.73. The molecule has 2 heterocycles. The minimum atomic E-state index is -0.693. The van der Waals surface area contributed by atoms with Gasteiger partial charge >= 0.3 is 0 Å². The van der Waals surface area contributed by atoms with E-state index >= 15 is 0 Å². The van der Waals surface area contributed by atoms with Crippen molar-refractivity contribution in [1.29, 1.82) is 0 Å². The number of carbonyl (C=O) groups excluding carboxylic acids is 1. The first-order chi connectivity index (χ1) is 12.2. The molecular weight excluding hydrogens is 336 g/mol. The third-order valence-electron chi connectivity index (χ3n) is 4.72. The number of hydrogen-bond acceptors (Lipinski definition) is 5. The number of ether oxygens (including phenoxy) is 2. The second-order valence-corrected chi connectivity index (χ2v) is 7.16. The van der Waals surface area contributed by atoms with Crippen LogP contribution in [-0.4, -0.2) is 38.8 Å². The van der Waals surface area contributed by atoms with Gasteiger partial charge in [0.1, 0.15) is 11.4 Å². The molecule has 0 atom stereocenters. The summed E-state index contributed by atoms with van der Waals surface area (Å²) in [5.74, 6) is 0.828. The molecule has 6 heteroatoms. The van der Waals surface area contributed by atoms with Gasteiger partial charge in [-0.1, -0.05) is 12.1 Å². The zero-order chi connectivity index (χ0) is 17.7. The number of piperidine rings is 1. The number of nitrogens with one attached hydrogen (secondary N) is 2. The molecule has 0 saturated carbocycles. The smallest absolute Gasteiger partial charge is 0.252 e. The Morgan fingerprint density at radius 2 is 1.92 bits per heavy atom. The average Bonchev–Trinajstić information content (AvgIpc) is 3.15. The lowest BCUT2D eigenvalue weighted by atomic mass is 9.91. The number of hydrogen-bond donors (Lipinski definition) is 2. The van der Waals surface area contributed by atoms with Crippen LogP contribution in [0.4, 0.5) is 0 Å². The van der Waals surface area contributed by atoms with Crippen LogP contribution in [-0.2, 0) is 16.1 Å². The molecule has 5 nitrogen and oxygen atoms in total. The first-order valence-corrected chi connectivity index (χ1v) is 9.31. The van der Waals surface area contributed by atoms with Crippen molar-refractivity contribution in [2.24, 2.45) is 0 Å². The van der Waals surface area contributed by atoms with E-state index in [2.05, 4.69) is 22.1 Å². The number of thiophene rings is 1. The monoisotopic (exact) mass is 360 g/mol. The largest absolute Gasteiger partial charge is 0.497 e. The van der Waals surface area contributed by atoms with E-state index in [0.717, 1.165) is 34.8 Å². The summed E-state index contributed by atoms with van der Waals surface area (Å²) >= 11 is 1.65. The van der Waals surface area contributed by atoms with Gasteiger partial charge in [0.2, 0.25) is 0 Å². The Balaban J connectivity index is 1.62. The molecule has 3 rings (SSSR count). The van der Waals surface area contributed by atoms with E-state index in [4.69, 9.17) is 9.47 Å². The van der Waals surface area contributed by atoms with E-state index in [1.54, 1.807) is 25.6 Å². The van der Waals surface area contributed by atoms with Crippen molar-refractivity contribution in [3.63, 3.8) is 0 Å². The summed E-state index contributed by atoms with van der Waals surface area (Å²) in [4.78, 5) is 13.7. The summed E-state index contributed by atoms with van der Waals surface area (Å²) in [5.41, 5.74) is 1.60. The normalized spacial score (nSPS) is 16.4. The zero-order valence-corrected chi connectivity index (χ0v) is 15.4. The van der Waals surface area contributed by atoms with Gasteiger partial charge in [-0.25, -0.2) is 0 Å². The van der Waals surface area contributed by atoms with Gasteiger partial charge in [0.05, 0.1) is 13.7 Å². The van der Waals surface area contributed by atoms with Gasteiger partial charge in [0.15, 0.2) is 0 Å². The molecule has 1 aromatic heterocycles. The standard InChI is InChI=1S/C19H24N2O3S/c1-23-16-5-3-14(4-6-16)15-11-17(25-13-15)12-21-18(22)19(24-2)7-9-20-10-8-19/h3-6,11,13,20H,7-10,12H2,1-2H3,(H,21,22). The molecule has 0 bridgehead atoms. The molecule has 1 saturated heterocycles. The molecule has 0 unspecified atom stereocenters. The Hall–Kier alpha value is -1.89. The number of carbonyl (C=O) groups is 1. The molecule has 2 N–H and O–H groups in total. The summed E-state index contributed by atoms with van der Waals surface area (Å²) in [6.07, 6.45) is 1.41. The maximum Gasteiger partial charge on any atom is 0.252 e. The molecule has 134 valence electrons. The van der Waals surface area contributed by atoms with Gasteiger partial charge in [-0.05, 0) is 60.6 Å². The van der Waals surface area contributed by atoms with Crippen LogP contribution in [0, 0.1) is 0 Å². The van der Waals surface area contributed by atoms with Crippen LogP contribution >= 0.6 is 11.3 Å². The molecule has 1 fully saturated rings. The van der Waals surface area contributed by atoms with Crippen molar-refractivity contribution in [2.45, 2.75) is 25.0 Å². The molecule has 1 aliphatic heterocycles. The van der Waals surface area contributed by atoms with E-state index < -0.39 is 5.60 Å². The molecule has 0 aliphatic carbocycles. The third kappa shape index (κ3) is 4.03. The van der Waals surface area contributed by atoms with Crippen molar-refractivity contribution in [1.82, 2.24) is 10.6 Å². The number of rotatable bonds is 6. The molecule has 2 aromatic rings. The maximum absolute atomic E-state index is 12.6. The van der Waals surface area contributed by atoms with Crippen molar-refractivity contribution in [2.75, 3.05) is 27.3 Å². The quantitative estimate of drug-likeness (QED) is 0.832. The van der Waals surface area contributed by atoms with Crippen LogP contribution in [0.1, 0.15) is 17.7 Å². The maximum atomic E-state index is 12.6. The SMILES string of the molecule is COc1ccc(-c2csc(CNC(=O)C3(OC)CCNCC3)c2)cc1. The van der Waals surface area contributed by atoms with Crippen LogP contribution in [0.25, 0.3) is 11.1 Å². The lowest BCUT2D eigenvalue weighted by molar-refractivity contribution is -0.146. The van der Waals surface area contributed by atoms with Crippen molar-refractivity contribution < 1.29 is 14.3 Å². The fourth-order valence-electron chi connectivity index (χ4n) is 3.09. The Morgan fingerprint density at radius 3 is 2.56 bits per heavy atom. The second-order valence-electron chi connectivity index (χ2n) is 6.16. The minimum absolute atomic E-state index is 0.0177. The van der Waals surface area contributed by atoms with E-state index in [1.807, 2.05) is 24.3 Å². The van der Waals surface area contributed by atoms with Gasteiger partial charge in [0.25, 0.3) is 5.91 Å². The van der Waals surface area contributed by atoms with Crippen LogP contribution in [0.2, 0.25) is 0 Å². The second kappa shape index (κ2) is 7.99. The van der Waals surface area contributed by atoms with Crippen LogP contribution in [0.15, 0.2) is 35.7 Å². The van der Waals surface area contributed by atoms with Crippen molar-refractivity contribution in [3.8, 4) is 16.9 Å². The van der Waals surface area contributed by atoms with Gasteiger partial charge in [0, 0.05) is 12.0 Å². The highest BCUT2D eigenvalue weighted by Gasteiger charge is 2.39. The van der Waals surface area contributed by atoms with Crippen LogP contribution < -0.4 is 15.4 Å². The molecule has 1 aromatic carbocycles. The zero-order valence-electron chi connectivity index (χ0n) is 14.6. The number of amides is 1. The number of benzene rings is 1. The van der Waals surface area contributed by atoms with E-state index in [0.29, 0.717) is 19.4 Å². The van der Waals surface area contributed by atoms with Gasteiger partial charge < -0.3 is 20.1 Å². The van der Waals surface area contributed by atoms with Gasteiger partial charge in [-0.15, -0.1) is 11.3 Å². The molecule has 1 aliphatic rings. The molecular formula is C19H24N2O3S. The number of methoxy groups -OCH3 is 2. The summed E-state index contributed by atoms with van der Waals surface area (Å²) in [5, 5.41) is 8.42. The minimum Gasteiger partial charge on any atom is -0.497 e. The first-order valence-electron chi connectivity index (χ1n) is 8.43. The molecule has 0 spiro atoms. The highest BCUT2D eigenvalue weighted by atomic mass is 32.1. The van der Waals surface area contributed by atoms with Gasteiger partial charge in [-0.2, -0.15) is 0 Å². The van der Waals surface area contributed by atoms with Crippen molar-refractivity contribution in [3.05, 3.63) is 40.6 Å². The first kappa shape index (κ1) is 17.9. The topological polar surface area (TPSA) is 59.6 Å². The summed E-state index contributed by atoms with van der Waals surface area (Å²) in [6.45, 7) is 2.14. The summed E-state index contributed by atoms with van der Waals surface area (Å²) in [7, 11) is 3.29. The van der Waals surface area contributed by atoms with Gasteiger partial charge in [-0.3, -0.25) is 4.79 Å². The van der Waals surface area contributed by atoms with Crippen LogP contribution in [0.3, 0.4) is 0 Å². The summed E-state index contributed by atoms with van der Waals surface area (Å²) in [6, 6.07) is 10.1. The average molecular weight is 360 g/mol. The predicted molar refractivity (Wildman–Crippen MR) is 100.0 cm³/mol. The third-order valence-corrected chi connectivity index (χ3v) is 5.65. The lowest BCUT2D eigenvalue weighted by Gasteiger charge is -2.34. The Labute approximate surface area is 152 Å². The van der Waals surface area contributed by atoms with E-state index in [-0.39, 0.29) is 5.91 Å². The Morgan fingerprint density at radius 1 is 1.20 bits per heavy atom. The predicted octanol–water partition coefficient (Wildman–Crippen LogP) is 2.81. The molecule has 1 amide bonds. The molecule has 25 heavy (non-hydrogen) atoms. The fourth-order valence-corrected chi connectivity index (χ4v) is 3.92. The lowest BCUT2D eigenvalue weighted by Crippen LogP contribution is -2.53.